The minimum absolute atomic E-state index is 0.776. The molecule has 1 aliphatic heterocycles. The van der Waals surface area contributed by atoms with Crippen LogP contribution in [0.25, 0.3) is 26.8 Å². The Kier molecular flexibility index (Phi) is 3.18. The fraction of sp³-hybridized carbons (Fsp3) is 0.105. The number of fused-ring (bicyclic) bond motifs is 2. The first-order valence-corrected chi connectivity index (χ1v) is 8.87. The third kappa shape index (κ3) is 2.34. The van der Waals surface area contributed by atoms with Gasteiger partial charge in [0.05, 0.1) is 10.9 Å². The van der Waals surface area contributed by atoms with Gasteiger partial charge in [0, 0.05) is 60.0 Å². The normalized spacial score (nSPS) is 13.4. The lowest BCUT2D eigenvalue weighted by Crippen LogP contribution is -2.11. The third-order valence-corrected chi connectivity index (χ3v) is 5.52. The van der Waals surface area contributed by atoms with E-state index in [2.05, 4.69) is 44.7 Å². The van der Waals surface area contributed by atoms with Gasteiger partial charge in [-0.25, -0.2) is 4.98 Å². The molecule has 1 aliphatic rings. The van der Waals surface area contributed by atoms with E-state index in [1.807, 2.05) is 42.7 Å². The van der Waals surface area contributed by atoms with Crippen molar-refractivity contribution in [3.05, 3.63) is 65.7 Å². The zero-order chi connectivity index (χ0) is 16.8. The first-order valence-electron chi connectivity index (χ1n) is 8.06. The predicted octanol–water partition coefficient (Wildman–Crippen LogP) is 3.95. The van der Waals surface area contributed by atoms with Gasteiger partial charge in [-0.15, -0.1) is 11.3 Å². The van der Waals surface area contributed by atoms with Crippen molar-refractivity contribution in [1.82, 2.24) is 19.7 Å². The molecule has 0 aliphatic carbocycles. The van der Waals surface area contributed by atoms with Gasteiger partial charge in [-0.3, -0.25) is 9.67 Å². The summed E-state index contributed by atoms with van der Waals surface area (Å²) in [5, 5.41) is 8.94. The Morgan fingerprint density at radius 2 is 2.16 bits per heavy atom. The average Bonchev–Trinajstić information content (AvgIpc) is 3.26. The van der Waals surface area contributed by atoms with Crippen LogP contribution in [0.1, 0.15) is 10.4 Å². The number of pyridine rings is 2. The third-order valence-electron chi connectivity index (χ3n) is 4.40. The second kappa shape index (κ2) is 5.53. The summed E-state index contributed by atoms with van der Waals surface area (Å²) in [5.74, 6) is 0.925. The first-order chi connectivity index (χ1) is 12.3. The van der Waals surface area contributed by atoms with Crippen LogP contribution in [0.3, 0.4) is 0 Å². The molecule has 4 aromatic rings. The van der Waals surface area contributed by atoms with E-state index >= 15 is 0 Å². The van der Waals surface area contributed by atoms with Gasteiger partial charge in [-0.2, -0.15) is 5.10 Å². The largest absolute Gasteiger partial charge is 0.366 e. The lowest BCUT2D eigenvalue weighted by molar-refractivity contribution is 0.768. The van der Waals surface area contributed by atoms with Gasteiger partial charge in [-0.1, -0.05) is 6.08 Å². The van der Waals surface area contributed by atoms with Gasteiger partial charge in [0.25, 0.3) is 0 Å². The van der Waals surface area contributed by atoms with Crippen molar-refractivity contribution in [2.24, 2.45) is 7.05 Å². The van der Waals surface area contributed by atoms with Crippen LogP contribution in [0.2, 0.25) is 0 Å². The van der Waals surface area contributed by atoms with Gasteiger partial charge in [0.15, 0.2) is 0 Å². The molecule has 0 spiro atoms. The van der Waals surface area contributed by atoms with Gasteiger partial charge < -0.3 is 5.32 Å². The molecule has 25 heavy (non-hydrogen) atoms. The number of rotatable bonds is 2. The van der Waals surface area contributed by atoms with Crippen molar-refractivity contribution in [2.45, 2.75) is 0 Å². The van der Waals surface area contributed by atoms with Crippen molar-refractivity contribution in [3.63, 3.8) is 0 Å². The summed E-state index contributed by atoms with van der Waals surface area (Å²) in [6.45, 7) is 0.776. The molecule has 1 N–H and O–H groups in total. The van der Waals surface area contributed by atoms with Crippen LogP contribution in [0.4, 0.5) is 5.82 Å². The smallest absolute Gasteiger partial charge is 0.134 e. The SMILES string of the molecule is Cn1cc(-c2ccnc3c2C(c2cc4ccncc4s2)=CCN3)cn1. The Bertz CT molecular complexity index is 1090. The highest BCUT2D eigenvalue weighted by Crippen LogP contribution is 2.41. The highest BCUT2D eigenvalue weighted by atomic mass is 32.1. The Labute approximate surface area is 148 Å². The Morgan fingerprint density at radius 1 is 1.20 bits per heavy atom. The van der Waals surface area contributed by atoms with E-state index in [0.29, 0.717) is 0 Å². The molecule has 0 unspecified atom stereocenters. The molecule has 4 aromatic heterocycles. The summed E-state index contributed by atoms with van der Waals surface area (Å²) in [4.78, 5) is 10.0. The van der Waals surface area contributed by atoms with E-state index in [9.17, 15) is 0 Å². The van der Waals surface area contributed by atoms with Crippen molar-refractivity contribution in [3.8, 4) is 11.1 Å². The number of hydrogen-bond donors (Lipinski definition) is 1. The number of nitrogens with zero attached hydrogens (tertiary/aromatic N) is 4. The second-order valence-corrected chi connectivity index (χ2v) is 7.09. The lowest BCUT2D eigenvalue weighted by Gasteiger charge is -2.20. The maximum atomic E-state index is 4.56. The van der Waals surface area contributed by atoms with Crippen molar-refractivity contribution < 1.29 is 0 Å². The molecule has 6 heteroatoms. The van der Waals surface area contributed by atoms with Crippen LogP contribution < -0.4 is 5.32 Å². The molecule has 0 saturated heterocycles. The molecule has 5 nitrogen and oxygen atoms in total. The highest BCUT2D eigenvalue weighted by molar-refractivity contribution is 7.20. The molecular weight excluding hydrogens is 330 g/mol. The fourth-order valence-corrected chi connectivity index (χ4v) is 4.34. The van der Waals surface area contributed by atoms with Gasteiger partial charge in [0.2, 0.25) is 0 Å². The topological polar surface area (TPSA) is 55.6 Å². The predicted molar refractivity (Wildman–Crippen MR) is 102 cm³/mol. The molecule has 122 valence electrons. The van der Waals surface area contributed by atoms with E-state index in [4.69, 9.17) is 0 Å². The Morgan fingerprint density at radius 3 is 3.00 bits per heavy atom. The number of nitrogens with one attached hydrogen (secondary N) is 1. The van der Waals surface area contributed by atoms with E-state index in [-0.39, 0.29) is 0 Å². The van der Waals surface area contributed by atoms with E-state index in [1.165, 1.54) is 20.5 Å². The van der Waals surface area contributed by atoms with Gasteiger partial charge in [0.1, 0.15) is 5.82 Å². The summed E-state index contributed by atoms with van der Waals surface area (Å²) < 4.78 is 3.03. The van der Waals surface area contributed by atoms with Crippen LogP contribution >= 0.6 is 11.3 Å². The Hall–Kier alpha value is -2.99. The maximum Gasteiger partial charge on any atom is 0.134 e. The molecule has 0 radical (unpaired) electrons. The number of aryl methyl sites for hydroxylation is 1. The van der Waals surface area contributed by atoms with Crippen molar-refractivity contribution >= 4 is 32.8 Å². The number of aromatic nitrogens is 4. The van der Waals surface area contributed by atoms with Crippen molar-refractivity contribution in [2.75, 3.05) is 11.9 Å². The summed E-state index contributed by atoms with van der Waals surface area (Å²) in [6.07, 6.45) is 11.8. The molecule has 0 atom stereocenters. The molecule has 0 fully saturated rings. The molecule has 0 saturated carbocycles. The van der Waals surface area contributed by atoms with Crippen molar-refractivity contribution in [1.29, 1.82) is 0 Å². The number of hydrogen-bond acceptors (Lipinski definition) is 5. The Balaban J connectivity index is 1.73. The maximum absolute atomic E-state index is 4.56. The highest BCUT2D eigenvalue weighted by Gasteiger charge is 2.21. The standard InChI is InChI=1S/C19H15N5S/c1-24-11-13(9-23-24)14-3-6-21-19-18(14)15(4-7-22-19)16-8-12-2-5-20-10-17(12)25-16/h2-6,8-11H,7H2,1H3,(H,21,22). The molecule has 5 heterocycles. The average molecular weight is 345 g/mol. The molecular formula is C19H15N5S. The van der Waals surface area contributed by atoms with E-state index < -0.39 is 0 Å². The minimum atomic E-state index is 0.776. The fourth-order valence-electron chi connectivity index (χ4n) is 3.26. The molecule has 0 amide bonds. The minimum Gasteiger partial charge on any atom is -0.366 e. The summed E-state index contributed by atoms with van der Waals surface area (Å²) >= 11 is 1.77. The summed E-state index contributed by atoms with van der Waals surface area (Å²) in [5.41, 5.74) is 4.61. The number of anilines is 1. The zero-order valence-electron chi connectivity index (χ0n) is 13.6. The molecule has 5 rings (SSSR count). The summed E-state index contributed by atoms with van der Waals surface area (Å²) in [6, 6.07) is 6.36. The van der Waals surface area contributed by atoms with Crippen LogP contribution in [0, 0.1) is 0 Å². The molecule has 0 bridgehead atoms. The first kappa shape index (κ1) is 14.4. The van der Waals surface area contributed by atoms with Crippen LogP contribution in [-0.2, 0) is 7.05 Å². The van der Waals surface area contributed by atoms with Crippen LogP contribution in [-0.4, -0.2) is 26.3 Å². The van der Waals surface area contributed by atoms with Crippen LogP contribution in [0.15, 0.2) is 55.3 Å². The monoisotopic (exact) mass is 345 g/mol. The van der Waals surface area contributed by atoms with E-state index in [0.717, 1.165) is 29.1 Å². The second-order valence-electron chi connectivity index (χ2n) is 6.01. The van der Waals surface area contributed by atoms with Gasteiger partial charge >= 0.3 is 0 Å². The van der Waals surface area contributed by atoms with E-state index in [1.54, 1.807) is 11.3 Å². The zero-order valence-corrected chi connectivity index (χ0v) is 14.4. The quantitative estimate of drug-likeness (QED) is 0.598. The number of thiophene rings is 1. The van der Waals surface area contributed by atoms with Crippen LogP contribution in [0.5, 0.6) is 0 Å². The molecule has 0 aromatic carbocycles. The van der Waals surface area contributed by atoms with Gasteiger partial charge in [-0.05, 0) is 29.1 Å². The lowest BCUT2D eigenvalue weighted by atomic mass is 9.94. The summed E-state index contributed by atoms with van der Waals surface area (Å²) in [7, 11) is 1.94.